The average Bonchev–Trinajstić information content (AvgIpc) is 2.96. The van der Waals surface area contributed by atoms with Crippen LogP contribution in [0.25, 0.3) is 5.69 Å². The fraction of sp³-hybridized carbons (Fsp3) is 0.211. The Morgan fingerprint density at radius 2 is 1.88 bits per heavy atom. The first-order valence-electron chi connectivity index (χ1n) is 7.98. The fourth-order valence-corrected chi connectivity index (χ4v) is 2.57. The Morgan fingerprint density at radius 3 is 2.54 bits per heavy atom. The highest BCUT2D eigenvalue weighted by Crippen LogP contribution is 2.16. The molecule has 1 amide bonds. The number of hydrogen-bond donors (Lipinski definition) is 1. The van der Waals surface area contributed by atoms with E-state index in [1.165, 1.54) is 5.56 Å². The van der Waals surface area contributed by atoms with Crippen LogP contribution in [0.5, 0.6) is 0 Å². The number of carbonyl (C=O) groups is 1. The molecule has 0 atom stereocenters. The third-order valence-electron chi connectivity index (χ3n) is 3.97. The summed E-state index contributed by atoms with van der Waals surface area (Å²) in [4.78, 5) is 12.5. The normalized spacial score (nSPS) is 10.6. The largest absolute Gasteiger partial charge is 0.321 e. The number of anilines is 1. The van der Waals surface area contributed by atoms with Gasteiger partial charge in [0, 0.05) is 5.69 Å². The van der Waals surface area contributed by atoms with E-state index in [4.69, 9.17) is 0 Å². The monoisotopic (exact) mass is 320 g/mol. The summed E-state index contributed by atoms with van der Waals surface area (Å²) in [5, 5.41) is 11.0. The lowest BCUT2D eigenvalue weighted by atomic mass is 10.1. The van der Waals surface area contributed by atoms with E-state index in [0.717, 1.165) is 23.4 Å². The van der Waals surface area contributed by atoms with Crippen molar-refractivity contribution >= 4 is 11.6 Å². The average molecular weight is 320 g/mol. The van der Waals surface area contributed by atoms with E-state index in [9.17, 15) is 4.79 Å². The molecule has 0 spiro atoms. The highest BCUT2D eigenvalue weighted by Gasteiger charge is 2.17. The third kappa shape index (κ3) is 3.20. The summed E-state index contributed by atoms with van der Waals surface area (Å²) in [6.45, 7) is 5.94. The molecule has 3 rings (SSSR count). The van der Waals surface area contributed by atoms with Gasteiger partial charge in [-0.2, -0.15) is 0 Å². The molecule has 2 aromatic carbocycles. The zero-order chi connectivity index (χ0) is 17.1. The maximum Gasteiger partial charge on any atom is 0.278 e. The summed E-state index contributed by atoms with van der Waals surface area (Å²) in [5.41, 5.74) is 5.03. The van der Waals surface area contributed by atoms with E-state index in [1.807, 2.05) is 50.2 Å². The molecule has 0 unspecified atom stereocenters. The number of aromatic nitrogens is 3. The van der Waals surface area contributed by atoms with Crippen molar-refractivity contribution in [2.45, 2.75) is 27.2 Å². The summed E-state index contributed by atoms with van der Waals surface area (Å²) in [6, 6.07) is 15.8. The topological polar surface area (TPSA) is 59.8 Å². The van der Waals surface area contributed by atoms with Gasteiger partial charge < -0.3 is 5.32 Å². The Morgan fingerprint density at radius 1 is 1.12 bits per heavy atom. The second-order valence-corrected chi connectivity index (χ2v) is 5.78. The molecule has 0 saturated heterocycles. The minimum absolute atomic E-state index is 0.255. The zero-order valence-corrected chi connectivity index (χ0v) is 14.1. The lowest BCUT2D eigenvalue weighted by molar-refractivity contribution is 0.102. The van der Waals surface area contributed by atoms with Gasteiger partial charge in [-0.1, -0.05) is 36.4 Å². The molecule has 0 bridgehead atoms. The van der Waals surface area contributed by atoms with E-state index < -0.39 is 0 Å². The van der Waals surface area contributed by atoms with Gasteiger partial charge in [-0.05, 0) is 55.7 Å². The maximum absolute atomic E-state index is 12.5. The molecule has 0 fully saturated rings. The Balaban J connectivity index is 1.84. The number of aryl methyl sites for hydroxylation is 2. The molecule has 0 saturated carbocycles. The van der Waals surface area contributed by atoms with Gasteiger partial charge in [0.25, 0.3) is 5.91 Å². The molecule has 122 valence electrons. The van der Waals surface area contributed by atoms with Crippen molar-refractivity contribution in [1.29, 1.82) is 0 Å². The lowest BCUT2D eigenvalue weighted by Gasteiger charge is -2.06. The maximum atomic E-state index is 12.5. The fourth-order valence-electron chi connectivity index (χ4n) is 2.57. The van der Waals surface area contributed by atoms with E-state index in [1.54, 1.807) is 4.68 Å². The lowest BCUT2D eigenvalue weighted by Crippen LogP contribution is -2.14. The Hall–Kier alpha value is -2.95. The van der Waals surface area contributed by atoms with Crippen LogP contribution in [0, 0.1) is 13.8 Å². The van der Waals surface area contributed by atoms with Crippen molar-refractivity contribution < 1.29 is 4.79 Å². The van der Waals surface area contributed by atoms with Gasteiger partial charge in [-0.25, -0.2) is 4.68 Å². The van der Waals surface area contributed by atoms with Gasteiger partial charge in [-0.3, -0.25) is 4.79 Å². The minimum atomic E-state index is -0.255. The van der Waals surface area contributed by atoms with Crippen molar-refractivity contribution in [3.63, 3.8) is 0 Å². The summed E-state index contributed by atoms with van der Waals surface area (Å²) >= 11 is 0. The predicted octanol–water partition coefficient (Wildman–Crippen LogP) is 3.70. The second-order valence-electron chi connectivity index (χ2n) is 5.78. The number of nitrogens with zero attached hydrogens (tertiary/aromatic N) is 3. The first kappa shape index (κ1) is 15.9. The SMILES string of the molecule is CCc1ccc(-n2nnc(C(=O)Nc3cccc(C)c3)c2C)cc1. The highest BCUT2D eigenvalue weighted by atomic mass is 16.2. The standard InChI is InChI=1S/C19H20N4O/c1-4-15-8-10-17(11-9-15)23-14(3)18(21-22-23)19(24)20-16-7-5-6-13(2)12-16/h5-12H,4H2,1-3H3,(H,20,24). The van der Waals surface area contributed by atoms with Gasteiger partial charge >= 0.3 is 0 Å². The van der Waals surface area contributed by atoms with Crippen molar-refractivity contribution in [3.05, 3.63) is 71.0 Å². The molecular weight excluding hydrogens is 300 g/mol. The number of carbonyl (C=O) groups excluding carboxylic acids is 1. The summed E-state index contributed by atoms with van der Waals surface area (Å²) < 4.78 is 1.69. The van der Waals surface area contributed by atoms with E-state index in [0.29, 0.717) is 11.4 Å². The number of nitrogens with one attached hydrogen (secondary N) is 1. The Bertz CT molecular complexity index is 865. The van der Waals surface area contributed by atoms with Crippen LogP contribution in [-0.4, -0.2) is 20.9 Å². The van der Waals surface area contributed by atoms with Gasteiger partial charge in [-0.15, -0.1) is 5.10 Å². The Labute approximate surface area is 141 Å². The van der Waals surface area contributed by atoms with Crippen LogP contribution in [0.15, 0.2) is 48.5 Å². The van der Waals surface area contributed by atoms with Gasteiger partial charge in [0.2, 0.25) is 0 Å². The smallest absolute Gasteiger partial charge is 0.278 e. The molecule has 5 nitrogen and oxygen atoms in total. The Kier molecular flexibility index (Phi) is 4.42. The van der Waals surface area contributed by atoms with Crippen LogP contribution in [0.1, 0.15) is 34.2 Å². The highest BCUT2D eigenvalue weighted by molar-refractivity contribution is 6.03. The zero-order valence-electron chi connectivity index (χ0n) is 14.1. The summed E-state index contributed by atoms with van der Waals surface area (Å²) in [5.74, 6) is -0.255. The summed E-state index contributed by atoms with van der Waals surface area (Å²) in [6.07, 6.45) is 0.987. The van der Waals surface area contributed by atoms with E-state index in [2.05, 4.69) is 34.7 Å². The van der Waals surface area contributed by atoms with Gasteiger partial charge in [0.15, 0.2) is 5.69 Å². The molecule has 1 aromatic heterocycles. The first-order chi connectivity index (χ1) is 11.6. The second kappa shape index (κ2) is 6.66. The molecule has 5 heteroatoms. The molecule has 0 radical (unpaired) electrons. The van der Waals surface area contributed by atoms with E-state index in [-0.39, 0.29) is 5.91 Å². The van der Waals surface area contributed by atoms with Crippen LogP contribution in [0.2, 0.25) is 0 Å². The van der Waals surface area contributed by atoms with E-state index >= 15 is 0 Å². The molecule has 24 heavy (non-hydrogen) atoms. The molecule has 0 aliphatic rings. The van der Waals surface area contributed by atoms with Crippen LogP contribution in [0.4, 0.5) is 5.69 Å². The summed E-state index contributed by atoms with van der Waals surface area (Å²) in [7, 11) is 0. The van der Waals surface area contributed by atoms with Gasteiger partial charge in [0.05, 0.1) is 11.4 Å². The van der Waals surface area contributed by atoms with Crippen LogP contribution in [0.3, 0.4) is 0 Å². The quantitative estimate of drug-likeness (QED) is 0.797. The van der Waals surface area contributed by atoms with Crippen molar-refractivity contribution in [2.75, 3.05) is 5.32 Å². The van der Waals surface area contributed by atoms with Crippen molar-refractivity contribution in [3.8, 4) is 5.69 Å². The van der Waals surface area contributed by atoms with Crippen LogP contribution >= 0.6 is 0 Å². The molecule has 1 N–H and O–H groups in total. The minimum Gasteiger partial charge on any atom is -0.321 e. The van der Waals surface area contributed by atoms with Crippen LogP contribution in [-0.2, 0) is 6.42 Å². The van der Waals surface area contributed by atoms with Crippen molar-refractivity contribution in [1.82, 2.24) is 15.0 Å². The third-order valence-corrected chi connectivity index (χ3v) is 3.97. The predicted molar refractivity (Wildman–Crippen MR) is 94.6 cm³/mol. The molecule has 3 aromatic rings. The van der Waals surface area contributed by atoms with Gasteiger partial charge in [0.1, 0.15) is 0 Å². The first-order valence-corrected chi connectivity index (χ1v) is 7.98. The van der Waals surface area contributed by atoms with Crippen molar-refractivity contribution in [2.24, 2.45) is 0 Å². The molecule has 1 heterocycles. The van der Waals surface area contributed by atoms with Crippen LogP contribution < -0.4 is 5.32 Å². The number of benzene rings is 2. The molecular formula is C19H20N4O. The number of hydrogen-bond acceptors (Lipinski definition) is 3. The number of amides is 1. The number of rotatable bonds is 4. The molecule has 0 aliphatic heterocycles. The molecule has 0 aliphatic carbocycles.